The van der Waals surface area contributed by atoms with E-state index in [0.29, 0.717) is 30.3 Å². The summed E-state index contributed by atoms with van der Waals surface area (Å²) < 4.78 is 16.9. The first-order chi connectivity index (χ1) is 14.4. The Labute approximate surface area is 179 Å². The normalized spacial score (nSPS) is 10.4. The summed E-state index contributed by atoms with van der Waals surface area (Å²) in [7, 11) is 1.56. The fraction of sp³-hybridized carbons (Fsp3) is 0.269. The zero-order valence-corrected chi connectivity index (χ0v) is 18.4. The van der Waals surface area contributed by atoms with Gasteiger partial charge >= 0.3 is 0 Å². The highest BCUT2D eigenvalue weighted by molar-refractivity contribution is 6.07. The largest absolute Gasteiger partial charge is 0.493 e. The molecule has 0 fully saturated rings. The van der Waals surface area contributed by atoms with Crippen LogP contribution in [-0.4, -0.2) is 26.1 Å². The van der Waals surface area contributed by atoms with E-state index in [1.54, 1.807) is 37.5 Å². The Morgan fingerprint density at radius 2 is 1.47 bits per heavy atom. The number of ketones is 1. The van der Waals surface area contributed by atoms with Crippen LogP contribution in [0.5, 0.6) is 17.2 Å². The average Bonchev–Trinajstić information content (AvgIpc) is 2.72. The van der Waals surface area contributed by atoms with Gasteiger partial charge in [-0.15, -0.1) is 0 Å². The number of ether oxygens (including phenoxy) is 3. The highest BCUT2D eigenvalue weighted by Gasteiger charge is 2.10. The van der Waals surface area contributed by atoms with Crippen LogP contribution in [0.4, 0.5) is 0 Å². The molecular weight excluding hydrogens is 376 g/mol. The summed E-state index contributed by atoms with van der Waals surface area (Å²) in [6.45, 7) is 9.03. The molecule has 30 heavy (non-hydrogen) atoms. The Bertz CT molecular complexity index is 943. The molecule has 0 amide bonds. The molecule has 0 radical (unpaired) electrons. The fourth-order valence-electron chi connectivity index (χ4n) is 2.55. The maximum Gasteiger partial charge on any atom is 0.185 e. The molecule has 0 N–H and O–H groups in total. The van der Waals surface area contributed by atoms with Crippen LogP contribution >= 0.6 is 0 Å². The van der Waals surface area contributed by atoms with E-state index < -0.39 is 0 Å². The summed E-state index contributed by atoms with van der Waals surface area (Å²) in [5.74, 6) is 1.75. The van der Waals surface area contributed by atoms with E-state index in [9.17, 15) is 4.79 Å². The Hall–Kier alpha value is -3.27. The Morgan fingerprint density at radius 3 is 2.10 bits per heavy atom. The number of carbonyl (C=O) groups excluding carboxylic acids is 1. The standard InChI is InChI=1S/C26H30O4/c1-19(2)14-16-29-24-9-7-6-8-21(24)10-12-23(27)22-11-13-25(26(18-22)28-5)30-17-15-20(3)4/h6-15,18H,16-17H2,1-5H3/b12-10+. The summed E-state index contributed by atoms with van der Waals surface area (Å²) in [6, 6.07) is 12.8. The van der Waals surface area contributed by atoms with E-state index in [1.807, 2.05) is 64.1 Å². The lowest BCUT2D eigenvalue weighted by atomic mass is 10.1. The lowest BCUT2D eigenvalue weighted by molar-refractivity contribution is 0.104. The lowest BCUT2D eigenvalue weighted by Gasteiger charge is -2.10. The molecule has 0 bridgehead atoms. The Balaban J connectivity index is 2.13. The van der Waals surface area contributed by atoms with Crippen LogP contribution < -0.4 is 14.2 Å². The third kappa shape index (κ3) is 7.28. The summed E-state index contributed by atoms with van der Waals surface area (Å²) in [5.41, 5.74) is 3.75. The quantitative estimate of drug-likeness (QED) is 0.265. The second-order valence-electron chi connectivity index (χ2n) is 7.29. The monoisotopic (exact) mass is 406 g/mol. The predicted octanol–water partition coefficient (Wildman–Crippen LogP) is 6.28. The SMILES string of the molecule is COc1cc(C(=O)/C=C/c2ccccc2OCC=C(C)C)ccc1OCC=C(C)C. The maximum atomic E-state index is 12.7. The topological polar surface area (TPSA) is 44.8 Å². The van der Waals surface area contributed by atoms with Crippen LogP contribution in [0.2, 0.25) is 0 Å². The van der Waals surface area contributed by atoms with Gasteiger partial charge in [0, 0.05) is 11.1 Å². The smallest absolute Gasteiger partial charge is 0.185 e. The van der Waals surface area contributed by atoms with Gasteiger partial charge in [0.15, 0.2) is 17.3 Å². The average molecular weight is 407 g/mol. The van der Waals surface area contributed by atoms with Crippen molar-refractivity contribution in [1.29, 1.82) is 0 Å². The number of allylic oxidation sites excluding steroid dienone is 3. The highest BCUT2D eigenvalue weighted by atomic mass is 16.5. The van der Waals surface area contributed by atoms with Crippen molar-refractivity contribution in [1.82, 2.24) is 0 Å². The molecule has 0 saturated heterocycles. The predicted molar refractivity (Wildman–Crippen MR) is 123 cm³/mol. The van der Waals surface area contributed by atoms with Gasteiger partial charge in [0.25, 0.3) is 0 Å². The molecule has 4 nitrogen and oxygen atoms in total. The zero-order chi connectivity index (χ0) is 21.9. The van der Waals surface area contributed by atoms with Gasteiger partial charge in [0.05, 0.1) is 7.11 Å². The number of rotatable bonds is 10. The number of benzene rings is 2. The van der Waals surface area contributed by atoms with Crippen molar-refractivity contribution in [3.63, 3.8) is 0 Å². The van der Waals surface area contributed by atoms with Crippen LogP contribution in [0, 0.1) is 0 Å². The number of methoxy groups -OCH3 is 1. The molecule has 0 aliphatic rings. The molecule has 0 aliphatic carbocycles. The van der Waals surface area contributed by atoms with Crippen molar-refractivity contribution in [2.24, 2.45) is 0 Å². The molecule has 2 rings (SSSR count). The Morgan fingerprint density at radius 1 is 0.833 bits per heavy atom. The van der Waals surface area contributed by atoms with Gasteiger partial charge in [-0.05, 0) is 76.3 Å². The molecule has 2 aromatic rings. The minimum Gasteiger partial charge on any atom is -0.493 e. The van der Waals surface area contributed by atoms with E-state index in [0.717, 1.165) is 11.3 Å². The van der Waals surface area contributed by atoms with Crippen LogP contribution in [0.25, 0.3) is 6.08 Å². The molecule has 0 atom stereocenters. The number of carbonyl (C=O) groups is 1. The molecule has 0 aliphatic heterocycles. The van der Waals surface area contributed by atoms with Crippen LogP contribution in [0.3, 0.4) is 0 Å². The number of hydrogen-bond donors (Lipinski definition) is 0. The van der Waals surface area contributed by atoms with Crippen molar-refractivity contribution in [3.05, 3.63) is 83.0 Å². The maximum absolute atomic E-state index is 12.7. The highest BCUT2D eigenvalue weighted by Crippen LogP contribution is 2.29. The molecule has 0 heterocycles. The molecule has 4 heteroatoms. The molecule has 0 saturated carbocycles. The number of para-hydroxylation sites is 1. The van der Waals surface area contributed by atoms with Crippen LogP contribution in [-0.2, 0) is 0 Å². The third-order valence-electron chi connectivity index (χ3n) is 4.24. The zero-order valence-electron chi connectivity index (χ0n) is 18.4. The lowest BCUT2D eigenvalue weighted by Crippen LogP contribution is -2.00. The molecular formula is C26H30O4. The van der Waals surface area contributed by atoms with Crippen molar-refractivity contribution in [3.8, 4) is 17.2 Å². The Kier molecular flexibility index (Phi) is 8.95. The van der Waals surface area contributed by atoms with E-state index >= 15 is 0 Å². The summed E-state index contributed by atoms with van der Waals surface area (Å²) in [5, 5.41) is 0. The van der Waals surface area contributed by atoms with E-state index in [1.165, 1.54) is 11.1 Å². The van der Waals surface area contributed by atoms with Crippen LogP contribution in [0.1, 0.15) is 43.6 Å². The van der Waals surface area contributed by atoms with Crippen molar-refractivity contribution < 1.29 is 19.0 Å². The van der Waals surface area contributed by atoms with Gasteiger partial charge in [-0.3, -0.25) is 4.79 Å². The van der Waals surface area contributed by atoms with Crippen molar-refractivity contribution in [2.45, 2.75) is 27.7 Å². The minimum absolute atomic E-state index is 0.122. The van der Waals surface area contributed by atoms with Gasteiger partial charge in [-0.2, -0.15) is 0 Å². The van der Waals surface area contributed by atoms with Crippen LogP contribution in [0.15, 0.2) is 71.8 Å². The summed E-state index contributed by atoms with van der Waals surface area (Å²) in [6.07, 6.45) is 7.31. The van der Waals surface area contributed by atoms with Gasteiger partial charge in [-0.1, -0.05) is 29.3 Å². The molecule has 2 aromatic carbocycles. The summed E-state index contributed by atoms with van der Waals surface area (Å²) >= 11 is 0. The van der Waals surface area contributed by atoms with Gasteiger partial charge in [0.2, 0.25) is 0 Å². The molecule has 158 valence electrons. The van der Waals surface area contributed by atoms with Gasteiger partial charge in [-0.25, -0.2) is 0 Å². The minimum atomic E-state index is -0.122. The second kappa shape index (κ2) is 11.7. The first-order valence-electron chi connectivity index (χ1n) is 9.92. The van der Waals surface area contributed by atoms with Gasteiger partial charge in [0.1, 0.15) is 19.0 Å². The first-order valence-corrected chi connectivity index (χ1v) is 9.92. The van der Waals surface area contributed by atoms with E-state index in [-0.39, 0.29) is 5.78 Å². The third-order valence-corrected chi connectivity index (χ3v) is 4.24. The van der Waals surface area contributed by atoms with Crippen molar-refractivity contribution >= 4 is 11.9 Å². The fourth-order valence-corrected chi connectivity index (χ4v) is 2.55. The van der Waals surface area contributed by atoms with Gasteiger partial charge < -0.3 is 14.2 Å². The van der Waals surface area contributed by atoms with E-state index in [4.69, 9.17) is 14.2 Å². The molecule has 0 aromatic heterocycles. The summed E-state index contributed by atoms with van der Waals surface area (Å²) in [4.78, 5) is 12.7. The van der Waals surface area contributed by atoms with E-state index in [2.05, 4.69) is 0 Å². The van der Waals surface area contributed by atoms with Crippen molar-refractivity contribution in [2.75, 3.05) is 20.3 Å². The number of hydrogen-bond acceptors (Lipinski definition) is 4. The molecule has 0 unspecified atom stereocenters. The molecule has 0 spiro atoms. The second-order valence-corrected chi connectivity index (χ2v) is 7.29. The first kappa shape index (κ1) is 23.0.